The largest absolute Gasteiger partial charge is 0.476 e. The SMILES string of the molecule is O=C(O)c1nc(-c2c(Cl)cc(Cl)cc2Cl)ccc1F. The van der Waals surface area contributed by atoms with Crippen LogP contribution in [0.25, 0.3) is 11.3 Å². The van der Waals surface area contributed by atoms with Crippen LogP contribution >= 0.6 is 34.8 Å². The molecule has 2 rings (SSSR count). The summed E-state index contributed by atoms with van der Waals surface area (Å²) in [6.07, 6.45) is 0. The first-order chi connectivity index (χ1) is 8.90. The van der Waals surface area contributed by atoms with E-state index in [1.54, 1.807) is 0 Å². The van der Waals surface area contributed by atoms with Gasteiger partial charge in [0, 0.05) is 10.6 Å². The smallest absolute Gasteiger partial charge is 0.357 e. The van der Waals surface area contributed by atoms with Crippen molar-refractivity contribution < 1.29 is 14.3 Å². The molecular weight excluding hydrogens is 315 g/mol. The van der Waals surface area contributed by atoms with Crippen LogP contribution in [0.2, 0.25) is 15.1 Å². The number of rotatable bonds is 2. The van der Waals surface area contributed by atoms with Crippen LogP contribution in [-0.2, 0) is 0 Å². The maximum Gasteiger partial charge on any atom is 0.357 e. The van der Waals surface area contributed by atoms with Crippen molar-refractivity contribution in [1.29, 1.82) is 0 Å². The van der Waals surface area contributed by atoms with E-state index in [-0.39, 0.29) is 15.7 Å². The molecule has 0 unspecified atom stereocenters. The topological polar surface area (TPSA) is 50.2 Å². The molecule has 98 valence electrons. The Balaban J connectivity index is 2.66. The third-order valence-corrected chi connectivity index (χ3v) is 3.13. The molecule has 0 atom stereocenters. The summed E-state index contributed by atoms with van der Waals surface area (Å²) in [6.45, 7) is 0. The van der Waals surface area contributed by atoms with Gasteiger partial charge < -0.3 is 5.11 Å². The zero-order valence-corrected chi connectivity index (χ0v) is 11.4. The van der Waals surface area contributed by atoms with E-state index >= 15 is 0 Å². The summed E-state index contributed by atoms with van der Waals surface area (Å²) < 4.78 is 13.3. The number of nitrogens with zero attached hydrogens (tertiary/aromatic N) is 1. The van der Waals surface area contributed by atoms with Crippen molar-refractivity contribution in [2.45, 2.75) is 0 Å². The quantitative estimate of drug-likeness (QED) is 0.883. The average Bonchev–Trinajstić information content (AvgIpc) is 2.29. The fourth-order valence-electron chi connectivity index (χ4n) is 1.52. The number of aromatic carboxylic acids is 1. The second-order valence-electron chi connectivity index (χ2n) is 3.58. The summed E-state index contributed by atoms with van der Waals surface area (Å²) >= 11 is 17.8. The van der Waals surface area contributed by atoms with E-state index in [2.05, 4.69) is 4.98 Å². The molecule has 1 N–H and O–H groups in total. The molecule has 0 radical (unpaired) electrons. The van der Waals surface area contributed by atoms with Crippen LogP contribution < -0.4 is 0 Å². The van der Waals surface area contributed by atoms with E-state index in [1.165, 1.54) is 18.2 Å². The van der Waals surface area contributed by atoms with E-state index in [9.17, 15) is 9.18 Å². The molecule has 2 aromatic rings. The van der Waals surface area contributed by atoms with Crippen molar-refractivity contribution in [1.82, 2.24) is 4.98 Å². The van der Waals surface area contributed by atoms with Crippen molar-refractivity contribution in [3.05, 3.63) is 50.8 Å². The Bertz CT molecular complexity index is 653. The minimum absolute atomic E-state index is 0.158. The van der Waals surface area contributed by atoms with Gasteiger partial charge in [-0.05, 0) is 24.3 Å². The molecule has 0 saturated heterocycles. The Hall–Kier alpha value is -1.36. The molecule has 19 heavy (non-hydrogen) atoms. The van der Waals surface area contributed by atoms with Crippen molar-refractivity contribution in [3.8, 4) is 11.3 Å². The Morgan fingerprint density at radius 3 is 2.26 bits per heavy atom. The number of halogens is 4. The second kappa shape index (κ2) is 5.33. The molecule has 1 aromatic heterocycles. The number of carboxylic acid groups (broad SMARTS) is 1. The van der Waals surface area contributed by atoms with Gasteiger partial charge in [-0.1, -0.05) is 34.8 Å². The van der Waals surface area contributed by atoms with Crippen LogP contribution in [0.4, 0.5) is 4.39 Å². The van der Waals surface area contributed by atoms with E-state index < -0.39 is 17.5 Å². The number of hydrogen-bond acceptors (Lipinski definition) is 2. The Kier molecular flexibility index (Phi) is 3.94. The van der Waals surface area contributed by atoms with Crippen LogP contribution in [0.1, 0.15) is 10.5 Å². The third-order valence-electron chi connectivity index (χ3n) is 2.31. The number of carboxylic acids is 1. The average molecular weight is 321 g/mol. The van der Waals surface area contributed by atoms with Gasteiger partial charge in [-0.25, -0.2) is 14.2 Å². The molecule has 0 saturated carbocycles. The first-order valence-electron chi connectivity index (χ1n) is 4.95. The van der Waals surface area contributed by atoms with E-state index in [1.807, 2.05) is 0 Å². The van der Waals surface area contributed by atoms with E-state index in [0.29, 0.717) is 10.6 Å². The summed E-state index contributed by atoms with van der Waals surface area (Å²) in [5, 5.41) is 9.57. The van der Waals surface area contributed by atoms with Gasteiger partial charge in [-0.3, -0.25) is 0 Å². The van der Waals surface area contributed by atoms with Crippen molar-refractivity contribution >= 4 is 40.8 Å². The zero-order valence-electron chi connectivity index (χ0n) is 9.12. The molecule has 0 aliphatic heterocycles. The highest BCUT2D eigenvalue weighted by atomic mass is 35.5. The van der Waals surface area contributed by atoms with Crippen molar-refractivity contribution in [2.24, 2.45) is 0 Å². The molecule has 0 bridgehead atoms. The molecular formula is C12H5Cl3FNO2. The highest BCUT2D eigenvalue weighted by molar-refractivity contribution is 6.41. The number of benzene rings is 1. The van der Waals surface area contributed by atoms with Crippen LogP contribution in [0.3, 0.4) is 0 Å². The fraction of sp³-hybridized carbons (Fsp3) is 0. The Morgan fingerprint density at radius 2 is 1.74 bits per heavy atom. The molecule has 1 aromatic carbocycles. The first-order valence-corrected chi connectivity index (χ1v) is 6.08. The van der Waals surface area contributed by atoms with Gasteiger partial charge in [0.25, 0.3) is 0 Å². The summed E-state index contributed by atoms with van der Waals surface area (Å²) in [7, 11) is 0. The molecule has 7 heteroatoms. The number of hydrogen-bond donors (Lipinski definition) is 1. The Morgan fingerprint density at radius 1 is 1.16 bits per heavy atom. The highest BCUT2D eigenvalue weighted by Crippen LogP contribution is 2.36. The van der Waals surface area contributed by atoms with Gasteiger partial charge in [0.2, 0.25) is 0 Å². The molecule has 0 amide bonds. The first kappa shape index (κ1) is 14.1. The summed E-state index contributed by atoms with van der Waals surface area (Å²) in [6, 6.07) is 5.17. The number of pyridine rings is 1. The molecule has 1 heterocycles. The minimum Gasteiger partial charge on any atom is -0.476 e. The summed E-state index contributed by atoms with van der Waals surface area (Å²) in [4.78, 5) is 14.5. The second-order valence-corrected chi connectivity index (χ2v) is 4.83. The predicted molar refractivity (Wildman–Crippen MR) is 71.6 cm³/mol. The third kappa shape index (κ3) is 2.81. The van der Waals surface area contributed by atoms with Gasteiger partial charge in [0.05, 0.1) is 15.7 Å². The lowest BCUT2D eigenvalue weighted by atomic mass is 10.1. The van der Waals surface area contributed by atoms with Crippen LogP contribution in [0.15, 0.2) is 24.3 Å². The normalized spacial score (nSPS) is 10.5. The maximum absolute atomic E-state index is 13.3. The van der Waals surface area contributed by atoms with Gasteiger partial charge in [0.1, 0.15) is 0 Å². The van der Waals surface area contributed by atoms with Crippen molar-refractivity contribution in [2.75, 3.05) is 0 Å². The Labute approximate surface area is 122 Å². The predicted octanol–water partition coefficient (Wildman–Crippen LogP) is 4.55. The summed E-state index contributed by atoms with van der Waals surface area (Å²) in [5.74, 6) is -2.40. The molecule has 0 aliphatic carbocycles. The summed E-state index contributed by atoms with van der Waals surface area (Å²) in [5.41, 5.74) is -0.236. The number of aromatic nitrogens is 1. The van der Waals surface area contributed by atoms with Crippen LogP contribution in [-0.4, -0.2) is 16.1 Å². The van der Waals surface area contributed by atoms with Gasteiger partial charge in [0.15, 0.2) is 11.5 Å². The van der Waals surface area contributed by atoms with Gasteiger partial charge >= 0.3 is 5.97 Å². The lowest BCUT2D eigenvalue weighted by Crippen LogP contribution is -2.05. The van der Waals surface area contributed by atoms with Gasteiger partial charge in [-0.2, -0.15) is 0 Å². The lowest BCUT2D eigenvalue weighted by Gasteiger charge is -2.08. The van der Waals surface area contributed by atoms with E-state index in [4.69, 9.17) is 39.9 Å². The van der Waals surface area contributed by atoms with Crippen molar-refractivity contribution in [3.63, 3.8) is 0 Å². The molecule has 0 fully saturated rings. The fourth-order valence-corrected chi connectivity index (χ4v) is 2.53. The minimum atomic E-state index is -1.47. The molecule has 0 aliphatic rings. The zero-order chi connectivity index (χ0) is 14.2. The lowest BCUT2D eigenvalue weighted by molar-refractivity contribution is 0.0685. The maximum atomic E-state index is 13.3. The van der Waals surface area contributed by atoms with E-state index in [0.717, 1.165) is 6.07 Å². The standard InChI is InChI=1S/C12H5Cl3FNO2/c13-5-3-6(14)10(7(15)4-5)9-2-1-8(16)11(17-9)12(18)19/h1-4H,(H,18,19). The highest BCUT2D eigenvalue weighted by Gasteiger charge is 2.17. The monoisotopic (exact) mass is 319 g/mol. The number of carbonyl (C=O) groups is 1. The molecule has 0 spiro atoms. The van der Waals surface area contributed by atoms with Gasteiger partial charge in [-0.15, -0.1) is 0 Å². The molecule has 3 nitrogen and oxygen atoms in total. The van der Waals surface area contributed by atoms with Crippen LogP contribution in [0.5, 0.6) is 0 Å². The van der Waals surface area contributed by atoms with Crippen LogP contribution in [0, 0.1) is 5.82 Å².